The van der Waals surface area contributed by atoms with Gasteiger partial charge in [0.25, 0.3) is 0 Å². The van der Waals surface area contributed by atoms with Gasteiger partial charge in [-0.1, -0.05) is 38.1 Å². The van der Waals surface area contributed by atoms with Gasteiger partial charge in [-0.15, -0.1) is 0 Å². The van der Waals surface area contributed by atoms with E-state index in [4.69, 9.17) is 19.7 Å². The first-order valence-corrected chi connectivity index (χ1v) is 12.1. The van der Waals surface area contributed by atoms with E-state index in [0.717, 1.165) is 23.3 Å². The fraction of sp³-hybridized carbons (Fsp3) is 0.0968. The van der Waals surface area contributed by atoms with Crippen molar-refractivity contribution in [2.45, 2.75) is 19.3 Å². The molecule has 4 aromatic carbocycles. The van der Waals surface area contributed by atoms with Crippen molar-refractivity contribution in [1.82, 2.24) is 0 Å². The summed E-state index contributed by atoms with van der Waals surface area (Å²) in [4.78, 5) is 45.6. The number of aromatic carboxylic acids is 4. The van der Waals surface area contributed by atoms with Gasteiger partial charge in [0.1, 0.15) is 34.1 Å². The summed E-state index contributed by atoms with van der Waals surface area (Å²) < 4.78 is 11.5. The number of hydrogen-bond acceptors (Lipinski definition) is 6. The number of carbonyl (C=O) groups is 4. The van der Waals surface area contributed by atoms with Crippen LogP contribution < -0.4 is 9.47 Å². The van der Waals surface area contributed by atoms with E-state index in [9.17, 15) is 29.4 Å². The highest BCUT2D eigenvalue weighted by Gasteiger charge is 2.24. The second-order valence-corrected chi connectivity index (χ2v) is 9.52. The van der Waals surface area contributed by atoms with E-state index in [1.54, 1.807) is 24.3 Å². The highest BCUT2D eigenvalue weighted by atomic mass is 16.5. The van der Waals surface area contributed by atoms with Crippen LogP contribution in [0.5, 0.6) is 23.0 Å². The number of benzene rings is 4. The van der Waals surface area contributed by atoms with Crippen LogP contribution in [0.3, 0.4) is 0 Å². The monoisotopic (exact) mass is 556 g/mol. The van der Waals surface area contributed by atoms with Gasteiger partial charge in [0.2, 0.25) is 0 Å². The van der Waals surface area contributed by atoms with Crippen LogP contribution in [-0.2, 0) is 5.41 Å². The molecule has 0 saturated carbocycles. The van der Waals surface area contributed by atoms with Gasteiger partial charge in [-0.3, -0.25) is 0 Å². The molecule has 0 aliphatic heterocycles. The Bertz CT molecular complexity index is 1530. The average Bonchev–Trinajstić information content (AvgIpc) is 2.93. The zero-order valence-corrected chi connectivity index (χ0v) is 21.8. The van der Waals surface area contributed by atoms with Crippen LogP contribution in [-0.4, -0.2) is 44.3 Å². The molecule has 208 valence electrons. The standard InChI is InChI=1S/C31H24O10/c1-31(2,19-5-9-21(10-6-19)40-25-13-3-17(27(32)33)15-23(25)29(36)37)20-7-11-22(12-8-20)41-26-14-4-18(28(34)35)16-24(26)30(38)39/h3-16H,1-2H3,(H,32,33)(H,34,35)(H,36,37)(H,38,39). The lowest BCUT2D eigenvalue weighted by molar-refractivity contribution is 0.0674. The summed E-state index contributed by atoms with van der Waals surface area (Å²) in [7, 11) is 0. The summed E-state index contributed by atoms with van der Waals surface area (Å²) in [6.45, 7) is 4.00. The van der Waals surface area contributed by atoms with E-state index in [1.165, 1.54) is 24.3 Å². The van der Waals surface area contributed by atoms with E-state index >= 15 is 0 Å². The lowest BCUT2D eigenvalue weighted by Gasteiger charge is -2.26. The normalized spacial score (nSPS) is 11.0. The maximum Gasteiger partial charge on any atom is 0.339 e. The second-order valence-electron chi connectivity index (χ2n) is 9.52. The van der Waals surface area contributed by atoms with Crippen LogP contribution in [0.2, 0.25) is 0 Å². The van der Waals surface area contributed by atoms with Gasteiger partial charge in [0.15, 0.2) is 0 Å². The lowest BCUT2D eigenvalue weighted by atomic mass is 9.78. The van der Waals surface area contributed by atoms with E-state index in [1.807, 2.05) is 38.1 Å². The van der Waals surface area contributed by atoms with E-state index in [2.05, 4.69) is 0 Å². The van der Waals surface area contributed by atoms with Crippen molar-refractivity contribution >= 4 is 23.9 Å². The van der Waals surface area contributed by atoms with Gasteiger partial charge < -0.3 is 29.9 Å². The third-order valence-corrected chi connectivity index (χ3v) is 6.52. The minimum atomic E-state index is -1.32. The molecule has 0 atom stereocenters. The first-order valence-electron chi connectivity index (χ1n) is 12.1. The fourth-order valence-electron chi connectivity index (χ4n) is 4.14. The molecular formula is C31H24O10. The quantitative estimate of drug-likeness (QED) is 0.172. The van der Waals surface area contributed by atoms with Crippen molar-refractivity contribution in [2.24, 2.45) is 0 Å². The summed E-state index contributed by atoms with van der Waals surface area (Å²) in [5.41, 5.74) is 0.464. The Morgan fingerprint density at radius 2 is 0.854 bits per heavy atom. The topological polar surface area (TPSA) is 168 Å². The Kier molecular flexibility index (Phi) is 7.77. The van der Waals surface area contributed by atoms with Crippen LogP contribution in [0.25, 0.3) is 0 Å². The molecule has 4 rings (SSSR count). The Morgan fingerprint density at radius 3 is 1.15 bits per heavy atom. The van der Waals surface area contributed by atoms with Gasteiger partial charge in [-0.2, -0.15) is 0 Å². The molecule has 0 amide bonds. The molecular weight excluding hydrogens is 532 g/mol. The maximum atomic E-state index is 11.6. The van der Waals surface area contributed by atoms with Crippen molar-refractivity contribution < 1.29 is 49.1 Å². The third-order valence-electron chi connectivity index (χ3n) is 6.52. The molecule has 0 saturated heterocycles. The Morgan fingerprint density at radius 1 is 0.512 bits per heavy atom. The Labute approximate surface area is 233 Å². The second kappa shape index (κ2) is 11.2. The van der Waals surface area contributed by atoms with Crippen LogP contribution in [0.4, 0.5) is 0 Å². The molecule has 0 aromatic heterocycles. The van der Waals surface area contributed by atoms with E-state index in [-0.39, 0.29) is 33.8 Å². The molecule has 0 bridgehead atoms. The van der Waals surface area contributed by atoms with Crippen molar-refractivity contribution in [3.8, 4) is 23.0 Å². The molecule has 0 aliphatic rings. The molecule has 0 unspecified atom stereocenters. The largest absolute Gasteiger partial charge is 0.478 e. The summed E-state index contributed by atoms with van der Waals surface area (Å²) in [5, 5.41) is 37.2. The molecule has 0 aliphatic carbocycles. The van der Waals surface area contributed by atoms with E-state index in [0.29, 0.717) is 11.5 Å². The average molecular weight is 557 g/mol. The summed E-state index contributed by atoms with van der Waals surface area (Å²) in [6, 6.07) is 21.2. The summed E-state index contributed by atoms with van der Waals surface area (Å²) in [5.74, 6) is -4.38. The molecule has 0 radical (unpaired) electrons. The van der Waals surface area contributed by atoms with Crippen LogP contribution in [0.1, 0.15) is 66.4 Å². The summed E-state index contributed by atoms with van der Waals surface area (Å²) in [6.07, 6.45) is 0. The van der Waals surface area contributed by atoms with Crippen molar-refractivity contribution in [3.05, 3.63) is 118 Å². The smallest absolute Gasteiger partial charge is 0.339 e. The van der Waals surface area contributed by atoms with Gasteiger partial charge in [-0.05, 0) is 71.8 Å². The lowest BCUT2D eigenvalue weighted by Crippen LogP contribution is -2.18. The molecule has 41 heavy (non-hydrogen) atoms. The van der Waals surface area contributed by atoms with Gasteiger partial charge in [-0.25, -0.2) is 19.2 Å². The first kappa shape index (κ1) is 28.4. The molecule has 0 heterocycles. The minimum Gasteiger partial charge on any atom is -0.478 e. The molecule has 10 heteroatoms. The summed E-state index contributed by atoms with van der Waals surface area (Å²) >= 11 is 0. The predicted octanol–water partition coefficient (Wildman–Crippen LogP) is 6.39. The van der Waals surface area contributed by atoms with Crippen molar-refractivity contribution in [1.29, 1.82) is 0 Å². The Balaban J connectivity index is 1.52. The highest BCUT2D eigenvalue weighted by Crippen LogP contribution is 2.35. The van der Waals surface area contributed by atoms with Crippen LogP contribution in [0, 0.1) is 0 Å². The number of carboxylic acid groups (broad SMARTS) is 4. The van der Waals surface area contributed by atoms with Crippen molar-refractivity contribution in [3.63, 3.8) is 0 Å². The van der Waals surface area contributed by atoms with Crippen LogP contribution in [0.15, 0.2) is 84.9 Å². The Hall–Kier alpha value is -5.64. The molecule has 4 N–H and O–H groups in total. The van der Waals surface area contributed by atoms with Crippen molar-refractivity contribution in [2.75, 3.05) is 0 Å². The molecule has 4 aromatic rings. The van der Waals surface area contributed by atoms with Gasteiger partial charge in [0.05, 0.1) is 11.1 Å². The van der Waals surface area contributed by atoms with E-state index < -0.39 is 29.3 Å². The van der Waals surface area contributed by atoms with Gasteiger partial charge in [0, 0.05) is 5.41 Å². The third kappa shape index (κ3) is 6.17. The zero-order valence-electron chi connectivity index (χ0n) is 21.8. The highest BCUT2D eigenvalue weighted by molar-refractivity contribution is 5.96. The zero-order chi connectivity index (χ0) is 29.9. The molecule has 0 fully saturated rings. The SMILES string of the molecule is CC(C)(c1ccc(Oc2ccc(C(=O)O)cc2C(=O)O)cc1)c1ccc(Oc2ccc(C(=O)O)cc2C(=O)O)cc1. The predicted molar refractivity (Wildman–Crippen MR) is 146 cm³/mol. The number of ether oxygens (including phenoxy) is 2. The van der Waals surface area contributed by atoms with Crippen LogP contribution >= 0.6 is 0 Å². The minimum absolute atomic E-state index is 0.00811. The van der Waals surface area contributed by atoms with Gasteiger partial charge >= 0.3 is 23.9 Å². The molecule has 10 nitrogen and oxygen atoms in total. The maximum absolute atomic E-state index is 11.6. The number of hydrogen-bond donors (Lipinski definition) is 4. The fourth-order valence-corrected chi connectivity index (χ4v) is 4.14. The molecule has 0 spiro atoms. The number of carboxylic acids is 4. The number of rotatable bonds is 10. The first-order chi connectivity index (χ1) is 19.4.